The van der Waals surface area contributed by atoms with E-state index < -0.39 is 4.92 Å². The fourth-order valence-electron chi connectivity index (χ4n) is 2.01. The second-order valence-corrected chi connectivity index (χ2v) is 5.35. The van der Waals surface area contributed by atoms with Gasteiger partial charge in [0.2, 0.25) is 0 Å². The average Bonchev–Trinajstić information content (AvgIpc) is 2.94. The second kappa shape index (κ2) is 5.37. The summed E-state index contributed by atoms with van der Waals surface area (Å²) in [5.74, 6) is 0.881. The topological polar surface area (TPSA) is 80.1 Å². The zero-order valence-electron chi connectivity index (χ0n) is 11.2. The van der Waals surface area contributed by atoms with Crippen LogP contribution in [0.25, 0.3) is 10.1 Å². The van der Waals surface area contributed by atoms with Crippen LogP contribution in [-0.4, -0.2) is 17.0 Å². The smallest absolute Gasteiger partial charge is 0.276 e. The summed E-state index contributed by atoms with van der Waals surface area (Å²) in [6.45, 7) is 0. The summed E-state index contributed by atoms with van der Waals surface area (Å²) < 4.78 is 1.20. The van der Waals surface area contributed by atoms with E-state index in [1.165, 1.54) is 16.8 Å². The molecule has 0 atom stereocenters. The maximum absolute atomic E-state index is 10.9. The standard InChI is InChI=1S/C14H12N4O2S/c1-15-13-7-11(18(19)20)8-14(17-13)16-10-2-3-12-9(6-10)4-5-21-12/h2-8H,1H3,(H2,15,16,17). The van der Waals surface area contributed by atoms with Gasteiger partial charge in [-0.05, 0) is 35.0 Å². The second-order valence-electron chi connectivity index (χ2n) is 4.40. The van der Waals surface area contributed by atoms with Crippen molar-refractivity contribution in [1.29, 1.82) is 0 Å². The molecule has 1 aromatic carbocycles. The van der Waals surface area contributed by atoms with Gasteiger partial charge in [0.15, 0.2) is 0 Å². The molecule has 0 spiro atoms. The molecule has 0 aliphatic rings. The first kappa shape index (κ1) is 13.3. The van der Waals surface area contributed by atoms with Crippen LogP contribution in [0.15, 0.2) is 41.8 Å². The van der Waals surface area contributed by atoms with Crippen molar-refractivity contribution in [1.82, 2.24) is 4.98 Å². The maximum atomic E-state index is 10.9. The fourth-order valence-corrected chi connectivity index (χ4v) is 2.78. The average molecular weight is 300 g/mol. The van der Waals surface area contributed by atoms with Crippen molar-refractivity contribution >= 4 is 44.4 Å². The van der Waals surface area contributed by atoms with Crippen molar-refractivity contribution < 1.29 is 4.92 Å². The van der Waals surface area contributed by atoms with Crippen molar-refractivity contribution in [3.63, 3.8) is 0 Å². The molecule has 21 heavy (non-hydrogen) atoms. The lowest BCUT2D eigenvalue weighted by Crippen LogP contribution is -2.00. The summed E-state index contributed by atoms with van der Waals surface area (Å²) in [6.07, 6.45) is 0. The molecule has 3 aromatic rings. The molecular weight excluding hydrogens is 288 g/mol. The largest absolute Gasteiger partial charge is 0.373 e. The van der Waals surface area contributed by atoms with Crippen LogP contribution in [0.2, 0.25) is 0 Å². The number of nitrogens with one attached hydrogen (secondary N) is 2. The summed E-state index contributed by atoms with van der Waals surface area (Å²) in [5, 5.41) is 20.0. The molecule has 2 N–H and O–H groups in total. The number of aromatic nitrogens is 1. The summed E-state index contributed by atoms with van der Waals surface area (Å²) in [5.41, 5.74) is 0.837. The number of benzene rings is 1. The van der Waals surface area contributed by atoms with Gasteiger partial charge in [0, 0.05) is 17.4 Å². The number of hydrogen-bond acceptors (Lipinski definition) is 6. The quantitative estimate of drug-likeness (QED) is 0.562. The van der Waals surface area contributed by atoms with Crippen LogP contribution in [0.5, 0.6) is 0 Å². The van der Waals surface area contributed by atoms with Gasteiger partial charge in [-0.25, -0.2) is 4.98 Å². The Morgan fingerprint density at radius 3 is 2.76 bits per heavy atom. The van der Waals surface area contributed by atoms with Gasteiger partial charge in [0.25, 0.3) is 5.69 Å². The van der Waals surface area contributed by atoms with Crippen LogP contribution in [0.1, 0.15) is 0 Å². The monoisotopic (exact) mass is 300 g/mol. The summed E-state index contributed by atoms with van der Waals surface area (Å²) in [6, 6.07) is 10.8. The molecule has 0 aliphatic heterocycles. The van der Waals surface area contributed by atoms with Crippen LogP contribution < -0.4 is 10.6 Å². The summed E-state index contributed by atoms with van der Waals surface area (Å²) >= 11 is 1.67. The van der Waals surface area contributed by atoms with Crippen molar-refractivity contribution in [2.75, 3.05) is 17.7 Å². The highest BCUT2D eigenvalue weighted by Crippen LogP contribution is 2.27. The lowest BCUT2D eigenvalue weighted by molar-refractivity contribution is -0.384. The highest BCUT2D eigenvalue weighted by atomic mass is 32.1. The van der Waals surface area contributed by atoms with Gasteiger partial charge < -0.3 is 10.6 Å². The first-order chi connectivity index (χ1) is 10.2. The predicted octanol–water partition coefficient (Wildman–Crippen LogP) is 3.99. The Hall–Kier alpha value is -2.67. The molecule has 6 nitrogen and oxygen atoms in total. The zero-order valence-corrected chi connectivity index (χ0v) is 12.0. The van der Waals surface area contributed by atoms with Crippen LogP contribution in [0.4, 0.5) is 23.0 Å². The molecule has 2 aromatic heterocycles. The maximum Gasteiger partial charge on any atom is 0.276 e. The predicted molar refractivity (Wildman–Crippen MR) is 85.5 cm³/mol. The molecular formula is C14H12N4O2S. The Labute approximate surface area is 124 Å². The molecule has 0 amide bonds. The number of pyridine rings is 1. The van der Waals surface area contributed by atoms with Gasteiger partial charge in [-0.2, -0.15) is 0 Å². The van der Waals surface area contributed by atoms with Crippen LogP contribution in [0.3, 0.4) is 0 Å². The number of rotatable bonds is 4. The number of fused-ring (bicyclic) bond motifs is 1. The Morgan fingerprint density at radius 2 is 2.00 bits per heavy atom. The third-order valence-electron chi connectivity index (χ3n) is 3.00. The minimum absolute atomic E-state index is 0.00605. The summed E-state index contributed by atoms with van der Waals surface area (Å²) in [7, 11) is 1.67. The highest BCUT2D eigenvalue weighted by Gasteiger charge is 2.11. The van der Waals surface area contributed by atoms with E-state index >= 15 is 0 Å². The van der Waals surface area contributed by atoms with Gasteiger partial charge in [-0.3, -0.25) is 10.1 Å². The van der Waals surface area contributed by atoms with E-state index in [0.717, 1.165) is 11.1 Å². The van der Waals surface area contributed by atoms with Crippen LogP contribution >= 0.6 is 11.3 Å². The third kappa shape index (κ3) is 2.77. The van der Waals surface area contributed by atoms with Gasteiger partial charge in [0.1, 0.15) is 11.6 Å². The van der Waals surface area contributed by atoms with E-state index in [4.69, 9.17) is 0 Å². The molecule has 0 unspecified atom stereocenters. The number of anilines is 3. The lowest BCUT2D eigenvalue weighted by atomic mass is 10.2. The van der Waals surface area contributed by atoms with E-state index in [9.17, 15) is 10.1 Å². The Morgan fingerprint density at radius 1 is 1.19 bits per heavy atom. The van der Waals surface area contributed by atoms with E-state index in [1.807, 2.05) is 29.6 Å². The molecule has 2 heterocycles. The minimum atomic E-state index is -0.435. The number of thiophene rings is 1. The molecule has 0 bridgehead atoms. The molecule has 0 saturated heterocycles. The molecule has 7 heteroatoms. The Balaban J connectivity index is 1.96. The third-order valence-corrected chi connectivity index (χ3v) is 3.90. The SMILES string of the molecule is CNc1cc([N+](=O)[O-])cc(Nc2ccc3sccc3c2)n1. The van der Waals surface area contributed by atoms with Gasteiger partial charge in [-0.1, -0.05) is 0 Å². The highest BCUT2D eigenvalue weighted by molar-refractivity contribution is 7.17. The molecule has 3 rings (SSSR count). The zero-order chi connectivity index (χ0) is 14.8. The van der Waals surface area contributed by atoms with Crippen molar-refractivity contribution in [3.05, 3.63) is 51.9 Å². The van der Waals surface area contributed by atoms with Crippen LogP contribution in [0, 0.1) is 10.1 Å². The first-order valence-electron chi connectivity index (χ1n) is 6.24. The normalized spacial score (nSPS) is 10.5. The minimum Gasteiger partial charge on any atom is -0.373 e. The van der Waals surface area contributed by atoms with Gasteiger partial charge >= 0.3 is 0 Å². The molecule has 106 valence electrons. The molecule has 0 aliphatic carbocycles. The Bertz CT molecular complexity index is 816. The van der Waals surface area contributed by atoms with Crippen molar-refractivity contribution in [2.45, 2.75) is 0 Å². The first-order valence-corrected chi connectivity index (χ1v) is 7.12. The fraction of sp³-hybridized carbons (Fsp3) is 0.0714. The van der Waals surface area contributed by atoms with E-state index in [0.29, 0.717) is 11.6 Å². The molecule has 0 fully saturated rings. The molecule has 0 saturated carbocycles. The number of hydrogen-bond donors (Lipinski definition) is 2. The van der Waals surface area contributed by atoms with Gasteiger partial charge in [-0.15, -0.1) is 11.3 Å². The van der Waals surface area contributed by atoms with Gasteiger partial charge in [0.05, 0.1) is 17.1 Å². The number of nitro groups is 1. The number of nitrogens with zero attached hydrogens (tertiary/aromatic N) is 2. The van der Waals surface area contributed by atoms with E-state index in [2.05, 4.69) is 15.6 Å². The van der Waals surface area contributed by atoms with Crippen molar-refractivity contribution in [2.24, 2.45) is 0 Å². The Kier molecular flexibility index (Phi) is 3.41. The van der Waals surface area contributed by atoms with Crippen LogP contribution in [-0.2, 0) is 0 Å². The van der Waals surface area contributed by atoms with E-state index in [1.54, 1.807) is 18.4 Å². The van der Waals surface area contributed by atoms with Crippen molar-refractivity contribution in [3.8, 4) is 0 Å². The summed E-state index contributed by atoms with van der Waals surface area (Å²) in [4.78, 5) is 14.8. The lowest BCUT2D eigenvalue weighted by Gasteiger charge is -2.08. The molecule has 0 radical (unpaired) electrons. The van der Waals surface area contributed by atoms with E-state index in [-0.39, 0.29) is 5.69 Å².